The van der Waals surface area contributed by atoms with Crippen molar-refractivity contribution >= 4 is 23.3 Å². The first-order chi connectivity index (χ1) is 8.39. The predicted molar refractivity (Wildman–Crippen MR) is 57.1 cm³/mol. The first kappa shape index (κ1) is 13.4. The van der Waals surface area contributed by atoms with Gasteiger partial charge < -0.3 is 14.9 Å². The van der Waals surface area contributed by atoms with Crippen molar-refractivity contribution in [2.45, 2.75) is 30.0 Å². The van der Waals surface area contributed by atoms with Gasteiger partial charge in [0.2, 0.25) is 5.91 Å². The van der Waals surface area contributed by atoms with E-state index in [-0.39, 0.29) is 12.2 Å². The highest BCUT2D eigenvalue weighted by molar-refractivity contribution is 6.22. The molecule has 4 atom stereocenters. The lowest BCUT2D eigenvalue weighted by atomic mass is 10.1. The Bertz CT molecular complexity index is 417. The number of ketones is 1. The van der Waals surface area contributed by atoms with Crippen LogP contribution in [-0.2, 0) is 14.3 Å². The highest BCUT2D eigenvalue weighted by Crippen LogP contribution is 2.37. The molecule has 1 amide bonds. The molecule has 0 aromatic heterocycles. The minimum Gasteiger partial charge on any atom is -0.390 e. The van der Waals surface area contributed by atoms with Gasteiger partial charge in [0.25, 0.3) is 5.85 Å². The van der Waals surface area contributed by atoms with Crippen molar-refractivity contribution in [3.05, 3.63) is 12.3 Å². The van der Waals surface area contributed by atoms with Crippen LogP contribution in [0.5, 0.6) is 0 Å². The number of aliphatic hydroxyl groups is 2. The Kier molecular flexibility index (Phi) is 3.41. The van der Waals surface area contributed by atoms with Gasteiger partial charge in [0.1, 0.15) is 18.1 Å². The quantitative estimate of drug-likeness (QED) is 0.515. The van der Waals surface area contributed by atoms with Gasteiger partial charge in [-0.3, -0.25) is 14.5 Å². The number of rotatable bonds is 2. The van der Waals surface area contributed by atoms with E-state index in [9.17, 15) is 19.1 Å². The number of amides is 1. The van der Waals surface area contributed by atoms with E-state index in [0.717, 1.165) is 17.2 Å². The molecule has 0 saturated carbocycles. The van der Waals surface area contributed by atoms with Crippen LogP contribution in [-0.4, -0.2) is 57.0 Å². The topological polar surface area (TPSA) is 87.1 Å². The molecule has 18 heavy (non-hydrogen) atoms. The smallest absolute Gasteiger partial charge is 0.262 e. The molecule has 0 radical (unpaired) electrons. The maximum absolute atomic E-state index is 13.9. The van der Waals surface area contributed by atoms with Gasteiger partial charge in [0.15, 0.2) is 12.0 Å². The number of alkyl halides is 2. The average molecular weight is 280 g/mol. The second-order valence-electron chi connectivity index (χ2n) is 4.10. The van der Waals surface area contributed by atoms with Crippen LogP contribution >= 0.6 is 11.6 Å². The Morgan fingerprint density at radius 1 is 1.61 bits per heavy atom. The SMILES string of the molecule is O=C1C=CN([C@@H]2O[C@](F)(CO)[C@@H](O)[C@H]2Cl)C(=O)C1. The Labute approximate surface area is 107 Å². The van der Waals surface area contributed by atoms with Crippen LogP contribution < -0.4 is 0 Å². The number of carbonyl (C=O) groups is 2. The third-order valence-electron chi connectivity index (χ3n) is 2.86. The van der Waals surface area contributed by atoms with Crippen molar-refractivity contribution in [2.75, 3.05) is 6.61 Å². The molecule has 2 aliphatic rings. The van der Waals surface area contributed by atoms with Crippen LogP contribution in [0.15, 0.2) is 12.3 Å². The highest BCUT2D eigenvalue weighted by atomic mass is 35.5. The van der Waals surface area contributed by atoms with Crippen molar-refractivity contribution < 1.29 is 28.9 Å². The van der Waals surface area contributed by atoms with Crippen LogP contribution in [0.25, 0.3) is 0 Å². The zero-order chi connectivity index (χ0) is 13.5. The van der Waals surface area contributed by atoms with Crippen LogP contribution in [0.2, 0.25) is 0 Å². The molecule has 2 N–H and O–H groups in total. The zero-order valence-electron chi connectivity index (χ0n) is 9.12. The molecular formula is C10H11ClFNO5. The lowest BCUT2D eigenvalue weighted by Crippen LogP contribution is -2.44. The van der Waals surface area contributed by atoms with E-state index in [2.05, 4.69) is 0 Å². The molecule has 100 valence electrons. The molecule has 0 aromatic rings. The number of nitrogens with zero attached hydrogens (tertiary/aromatic N) is 1. The lowest BCUT2D eigenvalue weighted by Gasteiger charge is -2.28. The standard InChI is InChI=1S/C10H11ClFNO5/c11-7-8(17)10(12,4-14)18-9(7)13-2-1-5(15)3-6(13)16/h1-2,7-9,14,17H,3-4H2/t7-,8+,9-,10-/m1/s1. The van der Waals surface area contributed by atoms with Crippen LogP contribution in [0.1, 0.15) is 6.42 Å². The number of hydrogen-bond acceptors (Lipinski definition) is 5. The van der Waals surface area contributed by atoms with Gasteiger partial charge in [0.05, 0.1) is 6.42 Å². The molecule has 6 nitrogen and oxygen atoms in total. The van der Waals surface area contributed by atoms with Gasteiger partial charge in [-0.1, -0.05) is 0 Å². The maximum atomic E-state index is 13.9. The van der Waals surface area contributed by atoms with Gasteiger partial charge >= 0.3 is 0 Å². The van der Waals surface area contributed by atoms with Crippen molar-refractivity contribution in [3.8, 4) is 0 Å². The highest BCUT2D eigenvalue weighted by Gasteiger charge is 2.57. The van der Waals surface area contributed by atoms with E-state index in [4.69, 9.17) is 21.4 Å². The Balaban J connectivity index is 2.23. The number of halogens is 2. The van der Waals surface area contributed by atoms with Gasteiger partial charge in [0, 0.05) is 6.20 Å². The largest absolute Gasteiger partial charge is 0.390 e. The summed E-state index contributed by atoms with van der Waals surface area (Å²) in [6, 6.07) is 0. The number of carbonyl (C=O) groups excluding carboxylic acids is 2. The summed E-state index contributed by atoms with van der Waals surface area (Å²) in [5, 5.41) is 17.1. The van der Waals surface area contributed by atoms with Gasteiger partial charge in [-0.2, -0.15) is 0 Å². The first-order valence-electron chi connectivity index (χ1n) is 5.21. The van der Waals surface area contributed by atoms with Crippen LogP contribution in [0.3, 0.4) is 0 Å². The summed E-state index contributed by atoms with van der Waals surface area (Å²) in [6.07, 6.45) is -1.14. The minimum absolute atomic E-state index is 0.367. The molecule has 2 aliphatic heterocycles. The summed E-state index contributed by atoms with van der Waals surface area (Å²) >= 11 is 5.79. The first-order valence-corrected chi connectivity index (χ1v) is 5.64. The van der Waals surface area contributed by atoms with Gasteiger partial charge in [-0.05, 0) is 6.08 Å². The van der Waals surface area contributed by atoms with Gasteiger partial charge in [-0.15, -0.1) is 11.6 Å². The normalized spacial score (nSPS) is 40.7. The van der Waals surface area contributed by atoms with E-state index in [1.54, 1.807) is 0 Å². The second kappa shape index (κ2) is 4.58. The van der Waals surface area contributed by atoms with E-state index >= 15 is 0 Å². The fraction of sp³-hybridized carbons (Fsp3) is 0.600. The molecule has 2 rings (SSSR count). The Hall–Kier alpha value is -1.02. The maximum Gasteiger partial charge on any atom is 0.262 e. The number of aliphatic hydroxyl groups excluding tert-OH is 2. The van der Waals surface area contributed by atoms with E-state index in [1.807, 2.05) is 0 Å². The lowest BCUT2D eigenvalue weighted by molar-refractivity contribution is -0.212. The third kappa shape index (κ3) is 2.03. The van der Waals surface area contributed by atoms with Crippen molar-refractivity contribution in [2.24, 2.45) is 0 Å². The summed E-state index contributed by atoms with van der Waals surface area (Å²) in [6.45, 7) is -1.08. The summed E-state index contributed by atoms with van der Waals surface area (Å²) in [5.74, 6) is -3.70. The van der Waals surface area contributed by atoms with E-state index in [0.29, 0.717) is 0 Å². The molecule has 8 heteroatoms. The van der Waals surface area contributed by atoms with Crippen molar-refractivity contribution in [1.82, 2.24) is 4.90 Å². The molecule has 1 fully saturated rings. The average Bonchev–Trinajstić information content (AvgIpc) is 2.55. The summed E-state index contributed by atoms with van der Waals surface area (Å²) in [4.78, 5) is 23.5. The summed E-state index contributed by atoms with van der Waals surface area (Å²) in [7, 11) is 0. The van der Waals surface area contributed by atoms with Crippen LogP contribution in [0, 0.1) is 0 Å². The molecular weight excluding hydrogens is 269 g/mol. The Morgan fingerprint density at radius 2 is 2.28 bits per heavy atom. The van der Waals surface area contributed by atoms with E-state index < -0.39 is 36.1 Å². The minimum atomic E-state index is -2.72. The number of allylic oxidation sites excluding steroid dienone is 1. The van der Waals surface area contributed by atoms with Gasteiger partial charge in [-0.25, -0.2) is 4.39 Å². The molecule has 0 spiro atoms. The monoisotopic (exact) mass is 279 g/mol. The van der Waals surface area contributed by atoms with Crippen LogP contribution in [0.4, 0.5) is 4.39 Å². The molecule has 0 bridgehead atoms. The van der Waals surface area contributed by atoms with Crippen molar-refractivity contribution in [1.29, 1.82) is 0 Å². The van der Waals surface area contributed by atoms with Crippen molar-refractivity contribution in [3.63, 3.8) is 0 Å². The third-order valence-corrected chi connectivity index (χ3v) is 3.31. The summed E-state index contributed by atoms with van der Waals surface area (Å²) < 4.78 is 18.7. The fourth-order valence-corrected chi connectivity index (χ4v) is 2.20. The molecule has 0 aliphatic carbocycles. The predicted octanol–water partition coefficient (Wildman–Crippen LogP) is -0.716. The molecule has 2 heterocycles. The molecule has 0 aromatic carbocycles. The number of ether oxygens (including phenoxy) is 1. The summed E-state index contributed by atoms with van der Waals surface area (Å²) in [5.41, 5.74) is 0. The number of hydrogen-bond donors (Lipinski definition) is 2. The van der Waals surface area contributed by atoms with E-state index in [1.165, 1.54) is 0 Å². The second-order valence-corrected chi connectivity index (χ2v) is 4.61. The Morgan fingerprint density at radius 3 is 2.78 bits per heavy atom. The molecule has 0 unspecified atom stereocenters. The fourth-order valence-electron chi connectivity index (χ4n) is 1.84. The zero-order valence-corrected chi connectivity index (χ0v) is 9.88. The molecule has 1 saturated heterocycles.